The molecule has 1 saturated heterocycles. The van der Waals surface area contributed by atoms with E-state index in [2.05, 4.69) is 46.0 Å². The van der Waals surface area contributed by atoms with Gasteiger partial charge in [-0.3, -0.25) is 23.8 Å². The van der Waals surface area contributed by atoms with Gasteiger partial charge >= 0.3 is 5.69 Å². The third kappa shape index (κ3) is 4.26. The number of H-pyrrole nitrogens is 1. The highest BCUT2D eigenvalue weighted by Gasteiger charge is 2.25. The number of piperazine rings is 1. The van der Waals surface area contributed by atoms with Crippen molar-refractivity contribution < 1.29 is 0 Å². The number of nitrogens with zero attached hydrogens (tertiary/aromatic N) is 5. The van der Waals surface area contributed by atoms with E-state index < -0.39 is 11.2 Å². The second kappa shape index (κ2) is 9.12. The molecule has 34 heavy (non-hydrogen) atoms. The second-order valence-electron chi connectivity index (χ2n) is 8.83. The number of aromatic amines is 1. The van der Waals surface area contributed by atoms with Crippen LogP contribution in [0.5, 0.6) is 0 Å². The summed E-state index contributed by atoms with van der Waals surface area (Å²) in [6.07, 6.45) is 0. The minimum absolute atomic E-state index is 0.373. The minimum atomic E-state index is -0.477. The van der Waals surface area contributed by atoms with Crippen LogP contribution in [0.4, 0.5) is 5.95 Å². The number of halogens is 1. The van der Waals surface area contributed by atoms with Gasteiger partial charge in [0.2, 0.25) is 5.95 Å². The van der Waals surface area contributed by atoms with Crippen LogP contribution in [0.2, 0.25) is 5.02 Å². The molecule has 0 unspecified atom stereocenters. The van der Waals surface area contributed by atoms with Crippen molar-refractivity contribution in [2.45, 2.75) is 20.0 Å². The first kappa shape index (κ1) is 22.4. The molecule has 0 bridgehead atoms. The average molecular weight is 479 g/mol. The van der Waals surface area contributed by atoms with Gasteiger partial charge in [0.05, 0.1) is 6.54 Å². The van der Waals surface area contributed by atoms with E-state index in [4.69, 9.17) is 16.6 Å². The van der Waals surface area contributed by atoms with E-state index >= 15 is 0 Å². The molecular formula is C25H27ClN6O2. The monoisotopic (exact) mass is 478 g/mol. The number of rotatable bonds is 5. The van der Waals surface area contributed by atoms with Gasteiger partial charge in [-0.2, -0.15) is 4.98 Å². The number of anilines is 1. The first-order valence-corrected chi connectivity index (χ1v) is 11.7. The van der Waals surface area contributed by atoms with E-state index in [1.807, 2.05) is 28.8 Å². The molecule has 0 spiro atoms. The third-order valence-electron chi connectivity index (χ3n) is 6.42. The van der Waals surface area contributed by atoms with Crippen LogP contribution in [-0.4, -0.2) is 50.2 Å². The Hall–Kier alpha value is -3.36. The molecule has 0 radical (unpaired) electrons. The van der Waals surface area contributed by atoms with Crippen molar-refractivity contribution in [1.29, 1.82) is 0 Å². The summed E-state index contributed by atoms with van der Waals surface area (Å²) in [4.78, 5) is 36.9. The summed E-state index contributed by atoms with van der Waals surface area (Å²) < 4.78 is 3.27. The molecule has 176 valence electrons. The summed E-state index contributed by atoms with van der Waals surface area (Å²) in [5, 5.41) is 0.625. The maximum atomic E-state index is 12.8. The van der Waals surface area contributed by atoms with Crippen LogP contribution in [0.1, 0.15) is 16.7 Å². The lowest BCUT2D eigenvalue weighted by molar-refractivity contribution is 0.248. The SMILES string of the molecule is Cc1cccc(CN2CCN(c3nc4c(c(=O)[nH]c(=O)n4C)n3Cc3ccccc3Cl)CC2)c1. The van der Waals surface area contributed by atoms with Gasteiger partial charge in [-0.05, 0) is 24.1 Å². The summed E-state index contributed by atoms with van der Waals surface area (Å²) in [5.41, 5.74) is 3.28. The fourth-order valence-electron chi connectivity index (χ4n) is 4.59. The molecular weight excluding hydrogens is 452 g/mol. The van der Waals surface area contributed by atoms with E-state index in [-0.39, 0.29) is 0 Å². The van der Waals surface area contributed by atoms with Gasteiger partial charge in [0, 0.05) is 44.8 Å². The molecule has 2 aromatic carbocycles. The van der Waals surface area contributed by atoms with Crippen LogP contribution in [0.3, 0.4) is 0 Å². The Balaban J connectivity index is 1.47. The van der Waals surface area contributed by atoms with Crippen molar-refractivity contribution in [2.24, 2.45) is 7.05 Å². The first-order valence-electron chi connectivity index (χ1n) is 11.4. The van der Waals surface area contributed by atoms with Crippen molar-refractivity contribution in [2.75, 3.05) is 31.1 Å². The Morgan fingerprint density at radius 3 is 2.50 bits per heavy atom. The summed E-state index contributed by atoms with van der Waals surface area (Å²) >= 11 is 6.44. The van der Waals surface area contributed by atoms with Crippen molar-refractivity contribution in [3.05, 3.63) is 91.1 Å². The molecule has 1 fully saturated rings. The number of imidazole rings is 1. The van der Waals surface area contributed by atoms with Gasteiger partial charge < -0.3 is 4.90 Å². The van der Waals surface area contributed by atoms with Crippen LogP contribution >= 0.6 is 11.6 Å². The Kier molecular flexibility index (Phi) is 6.02. The lowest BCUT2D eigenvalue weighted by Crippen LogP contribution is -2.47. The molecule has 0 saturated carbocycles. The Labute approximate surface area is 202 Å². The van der Waals surface area contributed by atoms with Gasteiger partial charge in [0.15, 0.2) is 11.2 Å². The fraction of sp³-hybridized carbons (Fsp3) is 0.320. The van der Waals surface area contributed by atoms with Gasteiger partial charge in [-0.25, -0.2) is 4.79 Å². The predicted molar refractivity (Wildman–Crippen MR) is 135 cm³/mol. The molecule has 3 heterocycles. The highest BCUT2D eigenvalue weighted by molar-refractivity contribution is 6.31. The molecule has 0 amide bonds. The standard InChI is InChI=1S/C25H27ClN6O2/c1-17-6-5-7-18(14-17)15-30-10-12-31(13-11-30)24-27-22-21(23(33)28-25(34)29(22)2)32(24)16-19-8-3-4-9-20(19)26/h3-9,14H,10-13,15-16H2,1-2H3,(H,28,33,34). The van der Waals surface area contributed by atoms with Crippen LogP contribution in [-0.2, 0) is 20.1 Å². The van der Waals surface area contributed by atoms with Crippen molar-refractivity contribution >= 4 is 28.7 Å². The van der Waals surface area contributed by atoms with Crippen LogP contribution in [0.15, 0.2) is 58.1 Å². The Morgan fingerprint density at radius 1 is 1.00 bits per heavy atom. The third-order valence-corrected chi connectivity index (χ3v) is 6.79. The smallest absolute Gasteiger partial charge is 0.329 e. The first-order chi connectivity index (χ1) is 16.4. The largest absolute Gasteiger partial charge is 0.340 e. The number of aromatic nitrogens is 4. The number of nitrogens with one attached hydrogen (secondary N) is 1. The molecule has 5 rings (SSSR count). The lowest BCUT2D eigenvalue weighted by atomic mass is 10.1. The van der Waals surface area contributed by atoms with Crippen LogP contribution in [0.25, 0.3) is 11.2 Å². The van der Waals surface area contributed by atoms with Gasteiger partial charge in [0.25, 0.3) is 5.56 Å². The maximum Gasteiger partial charge on any atom is 0.329 e. The molecule has 8 nitrogen and oxygen atoms in total. The molecule has 1 aliphatic rings. The molecule has 9 heteroatoms. The summed E-state index contributed by atoms with van der Waals surface area (Å²) in [6, 6.07) is 16.2. The number of benzene rings is 2. The molecule has 2 aromatic heterocycles. The number of hydrogen-bond acceptors (Lipinski definition) is 5. The quantitative estimate of drug-likeness (QED) is 0.477. The molecule has 4 aromatic rings. The van der Waals surface area contributed by atoms with Gasteiger partial charge in [-0.15, -0.1) is 0 Å². The summed E-state index contributed by atoms with van der Waals surface area (Å²) in [6.45, 7) is 6.68. The zero-order chi connectivity index (χ0) is 23.8. The number of aryl methyl sites for hydroxylation is 2. The molecule has 1 N–H and O–H groups in total. The van der Waals surface area contributed by atoms with Crippen LogP contribution in [0, 0.1) is 6.92 Å². The van der Waals surface area contributed by atoms with Crippen LogP contribution < -0.4 is 16.1 Å². The molecule has 0 atom stereocenters. The van der Waals surface area contributed by atoms with Crippen molar-refractivity contribution in [3.63, 3.8) is 0 Å². The van der Waals surface area contributed by atoms with Crippen molar-refractivity contribution in [3.8, 4) is 0 Å². The number of hydrogen-bond donors (Lipinski definition) is 1. The van der Waals surface area contributed by atoms with E-state index in [9.17, 15) is 9.59 Å². The van der Waals surface area contributed by atoms with Gasteiger partial charge in [-0.1, -0.05) is 59.6 Å². The van der Waals surface area contributed by atoms with E-state index in [0.717, 1.165) is 38.3 Å². The lowest BCUT2D eigenvalue weighted by Gasteiger charge is -2.35. The highest BCUT2D eigenvalue weighted by atomic mass is 35.5. The average Bonchev–Trinajstić information content (AvgIpc) is 3.19. The normalized spacial score (nSPS) is 14.7. The zero-order valence-corrected chi connectivity index (χ0v) is 20.0. The topological polar surface area (TPSA) is 79.2 Å². The maximum absolute atomic E-state index is 12.8. The van der Waals surface area contributed by atoms with E-state index in [1.54, 1.807) is 7.05 Å². The van der Waals surface area contributed by atoms with Crippen molar-refractivity contribution in [1.82, 2.24) is 24.0 Å². The zero-order valence-electron chi connectivity index (χ0n) is 19.3. The molecule has 1 aliphatic heterocycles. The second-order valence-corrected chi connectivity index (χ2v) is 9.24. The highest BCUT2D eigenvalue weighted by Crippen LogP contribution is 2.25. The van der Waals surface area contributed by atoms with E-state index in [0.29, 0.717) is 28.7 Å². The fourth-order valence-corrected chi connectivity index (χ4v) is 4.78. The minimum Gasteiger partial charge on any atom is -0.340 e. The Bertz CT molecular complexity index is 1460. The Morgan fingerprint density at radius 2 is 1.76 bits per heavy atom. The summed E-state index contributed by atoms with van der Waals surface area (Å²) in [5.74, 6) is 0.678. The van der Waals surface area contributed by atoms with E-state index in [1.165, 1.54) is 15.7 Å². The number of fused-ring (bicyclic) bond motifs is 1. The predicted octanol–water partition coefficient (Wildman–Crippen LogP) is 2.76. The summed E-state index contributed by atoms with van der Waals surface area (Å²) in [7, 11) is 1.62. The molecule has 0 aliphatic carbocycles. The van der Waals surface area contributed by atoms with Gasteiger partial charge in [0.1, 0.15) is 0 Å².